The lowest BCUT2D eigenvalue weighted by atomic mass is 9.65. The number of phenols is 2. The normalized spacial score (nSPS) is 13.4. The molecule has 5 aliphatic carbocycles. The Kier molecular flexibility index (Phi) is 26.1. The number of aromatic hydroxyl groups is 2. The molecule has 18 aromatic carbocycles. The van der Waals surface area contributed by atoms with Gasteiger partial charge in [0.15, 0.2) is 5.58 Å². The van der Waals surface area contributed by atoms with Crippen molar-refractivity contribution in [2.45, 2.75) is 53.8 Å². The summed E-state index contributed by atoms with van der Waals surface area (Å²) in [7, 11) is 0. The summed E-state index contributed by atoms with van der Waals surface area (Å²) in [4.78, 5) is 19.9. The van der Waals surface area contributed by atoms with Crippen LogP contribution < -0.4 is 85.6 Å². The van der Waals surface area contributed by atoms with Crippen molar-refractivity contribution in [3.05, 3.63) is 508 Å². The van der Waals surface area contributed by atoms with Gasteiger partial charge in [-0.1, -0.05) is 238 Å². The Hall–Kier alpha value is -19.2. The van der Waals surface area contributed by atoms with E-state index in [1.165, 1.54) is 127 Å². The molecule has 0 atom stereocenters. The Morgan fingerprint density at radius 3 is 0.959 bits per heavy atom. The van der Waals surface area contributed by atoms with E-state index in [0.717, 1.165) is 78.6 Å². The SMILES string of the molecule is Nc1cc(C2(c3ccc(O)c(N)c3)c3ccccc3-c3ccccc32)ccc1O.Nc1ccc(-c2nc3ccc(N)cc3o2)cc1.Nc1ccc(C2(c3ccc(N)cc3)CCCCC2)cc1.Nc1ccc(C2(c3ccc(N)cc3)c3ccccc3-c3ccccc32)cc1.Nc1ccc(N)nc1.Nc1ccc(NC(=O)c2ccc(N)cc2)cc1.Nc1ccc2c(c1)C1(c3ccccc3-c3ccccc31)c1cc(N)ccc1-2. The molecule has 716 valence electrons. The first-order chi connectivity index (χ1) is 70.3. The number of nitrogens with one attached hydrogen (secondary N) is 1. The van der Waals surface area contributed by atoms with Crippen molar-refractivity contribution in [2.24, 2.45) is 0 Å². The first-order valence-electron chi connectivity index (χ1n) is 47.8. The van der Waals surface area contributed by atoms with Gasteiger partial charge in [-0.3, -0.25) is 4.79 Å². The Balaban J connectivity index is 0.000000109. The van der Waals surface area contributed by atoms with Crippen LogP contribution in [0.4, 0.5) is 85.4 Å². The lowest BCUT2D eigenvalue weighted by Crippen LogP contribution is -2.30. The fraction of sp³-hybridized carbons (Fsp3) is 0.0726. The van der Waals surface area contributed by atoms with Gasteiger partial charge in [-0.2, -0.15) is 0 Å². The highest BCUT2D eigenvalue weighted by molar-refractivity contribution is 6.05. The molecular weight excluding hydrogens is 1790 g/mol. The zero-order chi connectivity index (χ0) is 101. The minimum atomic E-state index is -0.670. The number of fused-ring (bicyclic) bond motifs is 17. The zero-order valence-corrected chi connectivity index (χ0v) is 79.6. The van der Waals surface area contributed by atoms with E-state index in [0.29, 0.717) is 68.4 Å². The molecule has 20 aromatic rings. The largest absolute Gasteiger partial charge is 0.506 e. The van der Waals surface area contributed by atoms with E-state index in [9.17, 15) is 15.0 Å². The summed E-state index contributed by atoms with van der Waals surface area (Å²) in [6, 6.07) is 138. The molecule has 1 fully saturated rings. The Morgan fingerprint density at radius 2 is 0.586 bits per heavy atom. The van der Waals surface area contributed by atoms with Crippen molar-refractivity contribution in [3.8, 4) is 67.5 Å². The van der Waals surface area contributed by atoms with Crippen LogP contribution in [0.2, 0.25) is 0 Å². The van der Waals surface area contributed by atoms with Gasteiger partial charge in [-0.25, -0.2) is 9.97 Å². The van der Waals surface area contributed by atoms with Crippen molar-refractivity contribution in [1.29, 1.82) is 0 Å². The third-order valence-electron chi connectivity index (χ3n) is 28.0. The molecule has 1 saturated carbocycles. The highest BCUT2D eigenvalue weighted by atomic mass is 16.3. The first-order valence-corrected chi connectivity index (χ1v) is 47.8. The van der Waals surface area contributed by atoms with E-state index in [2.05, 4.69) is 209 Å². The van der Waals surface area contributed by atoms with Gasteiger partial charge in [-0.05, 0) is 329 Å². The highest BCUT2D eigenvalue weighted by Gasteiger charge is 2.53. The van der Waals surface area contributed by atoms with Crippen LogP contribution >= 0.6 is 0 Å². The molecule has 25 rings (SSSR count). The van der Waals surface area contributed by atoms with Gasteiger partial charge in [-0.15, -0.1) is 0 Å². The van der Waals surface area contributed by atoms with E-state index in [4.69, 9.17) is 84.7 Å². The van der Waals surface area contributed by atoms with Gasteiger partial charge in [0.05, 0.1) is 39.5 Å². The average molecular weight is 1900 g/mol. The summed E-state index contributed by atoms with van der Waals surface area (Å²) < 4.78 is 5.64. The van der Waals surface area contributed by atoms with Gasteiger partial charge < -0.3 is 100 Å². The molecule has 21 heteroatoms. The van der Waals surface area contributed by atoms with Crippen LogP contribution in [0.1, 0.15) is 120 Å². The summed E-state index contributed by atoms with van der Waals surface area (Å²) in [5.41, 5.74) is 119. The quantitative estimate of drug-likeness (QED) is 0.0471. The third-order valence-corrected chi connectivity index (χ3v) is 28.0. The van der Waals surface area contributed by atoms with Crippen LogP contribution in [0.25, 0.3) is 67.1 Å². The number of amides is 1. The molecule has 1 amide bonds. The molecule has 0 bridgehead atoms. The topological polar surface area (TPSA) is 473 Å². The number of anilines is 15. The smallest absolute Gasteiger partial charge is 0.255 e. The summed E-state index contributed by atoms with van der Waals surface area (Å²) in [6.07, 6.45) is 7.85. The number of nitrogens with zero attached hydrogens (tertiary/aromatic N) is 2. The van der Waals surface area contributed by atoms with E-state index in [-0.39, 0.29) is 33.7 Å². The van der Waals surface area contributed by atoms with E-state index < -0.39 is 5.41 Å². The number of pyridine rings is 1. The van der Waals surface area contributed by atoms with E-state index in [1.54, 1.807) is 84.9 Å². The molecular formula is C124H111N17O4. The number of hydrogen-bond donors (Lipinski definition) is 17. The van der Waals surface area contributed by atoms with Crippen molar-refractivity contribution < 1.29 is 19.4 Å². The predicted octanol–water partition coefficient (Wildman–Crippen LogP) is 24.1. The summed E-state index contributed by atoms with van der Waals surface area (Å²) in [6.45, 7) is 0. The van der Waals surface area contributed by atoms with Gasteiger partial charge in [0, 0.05) is 85.2 Å². The monoisotopic (exact) mass is 1900 g/mol. The zero-order valence-electron chi connectivity index (χ0n) is 79.6. The van der Waals surface area contributed by atoms with Crippen LogP contribution in [-0.2, 0) is 21.7 Å². The van der Waals surface area contributed by atoms with Crippen LogP contribution in [0.3, 0.4) is 0 Å². The molecule has 2 aromatic heterocycles. The number of oxazole rings is 1. The minimum absolute atomic E-state index is 0.0497. The number of carbonyl (C=O) groups excluding carboxylic acids is 1. The number of rotatable bonds is 9. The molecule has 5 aliphatic rings. The Morgan fingerprint density at radius 1 is 0.276 bits per heavy atom. The van der Waals surface area contributed by atoms with Crippen molar-refractivity contribution >= 4 is 102 Å². The lowest BCUT2D eigenvalue weighted by molar-refractivity contribution is 0.102. The maximum Gasteiger partial charge on any atom is 0.255 e. The van der Waals surface area contributed by atoms with Crippen LogP contribution in [0, 0.1) is 0 Å². The van der Waals surface area contributed by atoms with Gasteiger partial charge in [0.1, 0.15) is 22.8 Å². The fourth-order valence-corrected chi connectivity index (χ4v) is 21.3. The molecule has 0 radical (unpaired) electrons. The molecule has 0 aliphatic heterocycles. The number of carbonyl (C=O) groups is 1. The number of hydrogen-bond acceptors (Lipinski definition) is 20. The molecule has 1 spiro atoms. The predicted molar refractivity (Wildman–Crippen MR) is 597 cm³/mol. The number of benzene rings is 18. The number of nitrogen functional groups attached to an aromatic ring is 14. The van der Waals surface area contributed by atoms with Crippen LogP contribution in [0.15, 0.2) is 429 Å². The van der Waals surface area contributed by atoms with Crippen LogP contribution in [-0.4, -0.2) is 26.1 Å². The Labute approximate surface area is 841 Å². The number of aromatic nitrogens is 2. The van der Waals surface area contributed by atoms with Gasteiger partial charge in [0.2, 0.25) is 5.89 Å². The van der Waals surface area contributed by atoms with Crippen molar-refractivity contribution in [1.82, 2.24) is 9.97 Å². The molecule has 21 nitrogen and oxygen atoms in total. The second-order valence-corrected chi connectivity index (χ2v) is 36.9. The fourth-order valence-electron chi connectivity index (χ4n) is 21.3. The van der Waals surface area contributed by atoms with E-state index >= 15 is 0 Å². The number of phenolic OH excluding ortho intramolecular Hbond substituents is 2. The lowest BCUT2D eigenvalue weighted by Gasteiger charge is -2.38. The highest BCUT2D eigenvalue weighted by Crippen LogP contribution is 2.64. The maximum atomic E-state index is 11.8. The second kappa shape index (κ2) is 40.0. The van der Waals surface area contributed by atoms with Gasteiger partial charge in [0.25, 0.3) is 5.91 Å². The Bertz CT molecular complexity index is 7780. The first kappa shape index (κ1) is 94.8. The molecule has 0 unspecified atom stereocenters. The summed E-state index contributed by atoms with van der Waals surface area (Å²) in [5.74, 6) is 1.00. The molecule has 31 N–H and O–H groups in total. The second-order valence-electron chi connectivity index (χ2n) is 36.9. The molecule has 2 heterocycles. The average Bonchev–Trinajstić information content (AvgIpc) is 1.50. The summed E-state index contributed by atoms with van der Waals surface area (Å²) in [5, 5.41) is 22.8. The van der Waals surface area contributed by atoms with Gasteiger partial charge >= 0.3 is 0 Å². The van der Waals surface area contributed by atoms with Crippen molar-refractivity contribution in [3.63, 3.8) is 0 Å². The summed E-state index contributed by atoms with van der Waals surface area (Å²) >= 11 is 0. The molecule has 0 saturated heterocycles. The maximum absolute atomic E-state index is 11.8. The van der Waals surface area contributed by atoms with Crippen molar-refractivity contribution in [2.75, 3.05) is 85.6 Å². The third kappa shape index (κ3) is 18.2. The van der Waals surface area contributed by atoms with Crippen LogP contribution in [0.5, 0.6) is 11.5 Å². The number of nitrogens with two attached hydrogens (primary N) is 14. The van der Waals surface area contributed by atoms with E-state index in [1.807, 2.05) is 140 Å². The minimum Gasteiger partial charge on any atom is -0.506 e. The molecule has 145 heavy (non-hydrogen) atoms. The standard InChI is InChI=1S/C25H20N2O2.C25H18N2.C25H20N2.C18H22N2.C13H11N3O.C13H13N3O.C5H7N3/c26-21-13-15(9-11-23(21)28)25(16-10-12-24(29)22(27)14-16)19-7-3-1-5-17(19)18-6-2-4-8-20(18)25;26-15-9-11-19-20-12-10-16(27)14-24(20)25(23(19)13-15)21-7-3-1-5-17(21)18-6-2-4-8-22(18)25;26-19-13-9-17(10-14-19)25(18-11-15-20(27)16-12-18)23-7-3-1-5-21(23)22-6-2-4-8-24(22)25;19-16-8-4-14(5-9-16)18(12-2-1-3-13-18)15-6-10-17(20)11-7-15;14-9-3-1-8(2-4-9)13-16-11-6-5-10(15)7-12(11)17-13;14-10-3-1-9(2-4-10)13(17)16-12-7-5-11(15)6-8-12;6-4-1-2-5(7)8-3-4/h1-14,28-29H,26-27H2;1-14H,26-27H2;1-16H,26-27H2;4-11H,1-3,12-13,19-20H2;1-7H,14-15H2;1-8H,14-15H2,(H,16,17);1-3H,6H2,(H2,7,8).